The number of para-hydroxylation sites is 4. The zero-order valence-corrected chi connectivity index (χ0v) is 30.9. The van der Waals surface area contributed by atoms with Gasteiger partial charge in [-0.25, -0.2) is 0 Å². The van der Waals surface area contributed by atoms with Crippen molar-refractivity contribution in [3.63, 3.8) is 0 Å². The van der Waals surface area contributed by atoms with Crippen LogP contribution in [0.15, 0.2) is 211 Å². The molecule has 12 aromatic rings. The number of hydrogen-bond acceptors (Lipinski definition) is 1. The van der Waals surface area contributed by atoms with Gasteiger partial charge in [-0.1, -0.05) is 152 Å². The van der Waals surface area contributed by atoms with Crippen molar-refractivity contribution < 1.29 is 4.42 Å². The molecule has 57 heavy (non-hydrogen) atoms. The molecule has 0 amide bonds. The van der Waals surface area contributed by atoms with E-state index in [9.17, 15) is 0 Å². The standard InChI is InChI=1S/C54H34N2O/c1-2-11-35(12-3-1)36-21-23-37(24-22-36)38-25-27-39(28-26-38)40-29-31-51-46(33-40)44-15-6-7-17-48(44)55(51)41-30-32-53-47(34-41)45-16-10-20-52(54(45)57-53)56-49-18-8-4-13-42(49)43-14-5-9-19-50(43)56/h1-34H. The molecule has 0 bridgehead atoms. The van der Waals surface area contributed by atoms with Crippen LogP contribution in [0.3, 0.4) is 0 Å². The van der Waals surface area contributed by atoms with Crippen molar-refractivity contribution >= 4 is 65.6 Å². The highest BCUT2D eigenvalue weighted by atomic mass is 16.3. The molecule has 0 saturated heterocycles. The maximum Gasteiger partial charge on any atom is 0.159 e. The molecule has 0 unspecified atom stereocenters. The van der Waals surface area contributed by atoms with E-state index in [1.54, 1.807) is 0 Å². The van der Waals surface area contributed by atoms with Crippen LogP contribution in [0.25, 0.3) is 110 Å². The molecule has 0 atom stereocenters. The molecule has 0 aliphatic heterocycles. The summed E-state index contributed by atoms with van der Waals surface area (Å²) in [4.78, 5) is 0. The molecular weight excluding hydrogens is 693 g/mol. The van der Waals surface area contributed by atoms with E-state index in [1.165, 1.54) is 77.0 Å². The Labute approximate surface area is 328 Å². The van der Waals surface area contributed by atoms with Gasteiger partial charge >= 0.3 is 0 Å². The minimum Gasteiger partial charge on any atom is -0.454 e. The van der Waals surface area contributed by atoms with E-state index in [-0.39, 0.29) is 0 Å². The summed E-state index contributed by atoms with van der Waals surface area (Å²) in [6, 6.07) is 74.3. The summed E-state index contributed by atoms with van der Waals surface area (Å²) in [5.41, 5.74) is 15.9. The van der Waals surface area contributed by atoms with Gasteiger partial charge in [0.05, 0.1) is 27.8 Å². The van der Waals surface area contributed by atoms with E-state index in [4.69, 9.17) is 4.42 Å². The second-order valence-corrected chi connectivity index (χ2v) is 14.9. The van der Waals surface area contributed by atoms with Crippen molar-refractivity contribution in [3.8, 4) is 44.8 Å². The maximum atomic E-state index is 6.75. The topological polar surface area (TPSA) is 23.0 Å². The minimum absolute atomic E-state index is 0.876. The Morgan fingerprint density at radius 3 is 1.39 bits per heavy atom. The van der Waals surface area contributed by atoms with Crippen molar-refractivity contribution in [3.05, 3.63) is 206 Å². The van der Waals surface area contributed by atoms with Gasteiger partial charge in [-0.3, -0.25) is 0 Å². The van der Waals surface area contributed by atoms with Crippen LogP contribution in [0.2, 0.25) is 0 Å². The van der Waals surface area contributed by atoms with Gasteiger partial charge in [-0.15, -0.1) is 0 Å². The third-order valence-corrected chi connectivity index (χ3v) is 11.8. The molecule has 0 saturated carbocycles. The summed E-state index contributed by atoms with van der Waals surface area (Å²) in [6.07, 6.45) is 0. The molecule has 12 rings (SSSR count). The van der Waals surface area contributed by atoms with Crippen LogP contribution in [-0.2, 0) is 0 Å². The first-order valence-electron chi connectivity index (χ1n) is 19.5. The fraction of sp³-hybridized carbons (Fsp3) is 0. The molecule has 9 aromatic carbocycles. The Morgan fingerprint density at radius 1 is 0.281 bits per heavy atom. The quantitative estimate of drug-likeness (QED) is 0.173. The van der Waals surface area contributed by atoms with E-state index in [0.717, 1.165) is 33.3 Å². The Morgan fingerprint density at radius 2 is 0.754 bits per heavy atom. The summed E-state index contributed by atoms with van der Waals surface area (Å²) in [6.45, 7) is 0. The van der Waals surface area contributed by atoms with Gasteiger partial charge in [0.15, 0.2) is 5.58 Å². The maximum absolute atomic E-state index is 6.75. The number of furan rings is 1. The lowest BCUT2D eigenvalue weighted by Gasteiger charge is -2.09. The van der Waals surface area contributed by atoms with Crippen molar-refractivity contribution in [2.45, 2.75) is 0 Å². The number of fused-ring (bicyclic) bond motifs is 9. The highest BCUT2D eigenvalue weighted by Gasteiger charge is 2.19. The Kier molecular flexibility index (Phi) is 6.93. The first-order valence-corrected chi connectivity index (χ1v) is 19.5. The lowest BCUT2D eigenvalue weighted by molar-refractivity contribution is 0.666. The summed E-state index contributed by atoms with van der Waals surface area (Å²) in [7, 11) is 0. The highest BCUT2D eigenvalue weighted by Crippen LogP contribution is 2.40. The van der Waals surface area contributed by atoms with Crippen molar-refractivity contribution in [2.24, 2.45) is 0 Å². The third-order valence-electron chi connectivity index (χ3n) is 11.8. The molecule has 0 radical (unpaired) electrons. The Bertz CT molecular complexity index is 3440. The number of aromatic nitrogens is 2. The van der Waals surface area contributed by atoms with E-state index in [1.807, 2.05) is 0 Å². The van der Waals surface area contributed by atoms with Gasteiger partial charge < -0.3 is 13.6 Å². The van der Waals surface area contributed by atoms with Gasteiger partial charge in [-0.2, -0.15) is 0 Å². The Balaban J connectivity index is 0.945. The van der Waals surface area contributed by atoms with Gasteiger partial charge in [0.2, 0.25) is 0 Å². The van der Waals surface area contributed by atoms with Crippen LogP contribution in [0.5, 0.6) is 0 Å². The molecule has 3 heteroatoms. The van der Waals surface area contributed by atoms with Crippen LogP contribution in [0.1, 0.15) is 0 Å². The zero-order valence-electron chi connectivity index (χ0n) is 30.9. The lowest BCUT2D eigenvalue weighted by atomic mass is 9.97. The monoisotopic (exact) mass is 726 g/mol. The minimum atomic E-state index is 0.876. The SMILES string of the molecule is c1ccc(-c2ccc(-c3ccc(-c4ccc5c(c4)c4ccccc4n5-c4ccc5oc6c(-n7c8ccccc8c8ccccc87)cccc6c5c4)cc3)cc2)cc1. The zero-order chi connectivity index (χ0) is 37.5. The fourth-order valence-electron chi connectivity index (χ4n) is 9.04. The molecule has 0 aliphatic rings. The average molecular weight is 727 g/mol. The average Bonchev–Trinajstić information content (AvgIpc) is 3.94. The van der Waals surface area contributed by atoms with E-state index >= 15 is 0 Å². The molecule has 266 valence electrons. The number of benzene rings is 9. The first kappa shape index (κ1) is 31.7. The lowest BCUT2D eigenvalue weighted by Crippen LogP contribution is -1.94. The second kappa shape index (κ2) is 12.5. The summed E-state index contributed by atoms with van der Waals surface area (Å²) in [5, 5.41) is 7.14. The molecule has 0 spiro atoms. The number of hydrogen-bond donors (Lipinski definition) is 0. The summed E-state index contributed by atoms with van der Waals surface area (Å²) >= 11 is 0. The van der Waals surface area contributed by atoms with Crippen LogP contribution in [0, 0.1) is 0 Å². The second-order valence-electron chi connectivity index (χ2n) is 14.9. The Hall–Kier alpha value is -7.62. The summed E-state index contributed by atoms with van der Waals surface area (Å²) in [5.74, 6) is 0. The van der Waals surface area contributed by atoms with Crippen LogP contribution >= 0.6 is 0 Å². The van der Waals surface area contributed by atoms with Crippen molar-refractivity contribution in [2.75, 3.05) is 0 Å². The smallest absolute Gasteiger partial charge is 0.159 e. The van der Waals surface area contributed by atoms with Gasteiger partial charge in [0.25, 0.3) is 0 Å². The largest absolute Gasteiger partial charge is 0.454 e. The van der Waals surface area contributed by atoms with Gasteiger partial charge in [-0.05, 0) is 88.0 Å². The normalized spacial score (nSPS) is 11.9. The fourth-order valence-corrected chi connectivity index (χ4v) is 9.04. The van der Waals surface area contributed by atoms with Crippen LogP contribution < -0.4 is 0 Å². The third kappa shape index (κ3) is 4.92. The van der Waals surface area contributed by atoms with E-state index in [0.29, 0.717) is 0 Å². The van der Waals surface area contributed by atoms with Gasteiger partial charge in [0, 0.05) is 38.0 Å². The molecule has 0 aliphatic carbocycles. The summed E-state index contributed by atoms with van der Waals surface area (Å²) < 4.78 is 11.5. The number of rotatable bonds is 5. The molecule has 0 N–H and O–H groups in total. The van der Waals surface area contributed by atoms with Gasteiger partial charge in [0.1, 0.15) is 5.58 Å². The molecule has 3 heterocycles. The molecule has 0 fully saturated rings. The predicted molar refractivity (Wildman–Crippen MR) is 239 cm³/mol. The van der Waals surface area contributed by atoms with Crippen LogP contribution in [-0.4, -0.2) is 9.13 Å². The van der Waals surface area contributed by atoms with Crippen LogP contribution in [0.4, 0.5) is 0 Å². The molecule has 3 nitrogen and oxygen atoms in total. The first-order chi connectivity index (χ1) is 28.3. The highest BCUT2D eigenvalue weighted by molar-refractivity contribution is 6.14. The number of nitrogens with zero attached hydrogens (tertiary/aromatic N) is 2. The molecule has 3 aromatic heterocycles. The van der Waals surface area contributed by atoms with E-state index in [2.05, 4.69) is 215 Å². The van der Waals surface area contributed by atoms with Crippen molar-refractivity contribution in [1.29, 1.82) is 0 Å². The van der Waals surface area contributed by atoms with E-state index < -0.39 is 0 Å². The predicted octanol–water partition coefficient (Wildman–Crippen LogP) is 14.8. The molecular formula is C54H34N2O. The van der Waals surface area contributed by atoms with Crippen molar-refractivity contribution in [1.82, 2.24) is 9.13 Å².